The Bertz CT molecular complexity index is 868. The summed E-state index contributed by atoms with van der Waals surface area (Å²) >= 11 is 3.44. The fourth-order valence-corrected chi connectivity index (χ4v) is 3.57. The number of benzene rings is 2. The maximum absolute atomic E-state index is 12.9. The van der Waals surface area contributed by atoms with Crippen LogP contribution in [0.3, 0.4) is 0 Å². The summed E-state index contributed by atoms with van der Waals surface area (Å²) in [6, 6.07) is 15.8. The summed E-state index contributed by atoms with van der Waals surface area (Å²) < 4.78 is 0.923. The third-order valence-corrected chi connectivity index (χ3v) is 4.68. The predicted octanol–water partition coefficient (Wildman–Crippen LogP) is 4.52. The smallest absolute Gasteiger partial charge is 0.259 e. The van der Waals surface area contributed by atoms with Crippen LogP contribution in [0.2, 0.25) is 0 Å². The number of aromatic nitrogens is 1. The molecule has 1 aliphatic heterocycles. The number of amides is 1. The minimum absolute atomic E-state index is 0.0498. The summed E-state index contributed by atoms with van der Waals surface area (Å²) in [6.45, 7) is 0.755. The van der Waals surface area contributed by atoms with Gasteiger partial charge in [-0.3, -0.25) is 9.69 Å². The van der Waals surface area contributed by atoms with E-state index in [0.29, 0.717) is 5.56 Å². The molecule has 3 aromatic rings. The van der Waals surface area contributed by atoms with E-state index in [1.54, 1.807) is 0 Å². The Morgan fingerprint density at radius 3 is 2.86 bits per heavy atom. The first-order valence-corrected chi connectivity index (χ1v) is 8.20. The second-order valence-corrected chi connectivity index (χ2v) is 6.48. The molecule has 0 radical (unpaired) electrons. The van der Waals surface area contributed by atoms with E-state index < -0.39 is 0 Å². The van der Waals surface area contributed by atoms with Crippen molar-refractivity contribution in [3.8, 4) is 0 Å². The van der Waals surface area contributed by atoms with Gasteiger partial charge in [0.15, 0.2) is 0 Å². The first-order chi connectivity index (χ1) is 10.7. The van der Waals surface area contributed by atoms with E-state index in [9.17, 15) is 4.79 Å². The lowest BCUT2D eigenvalue weighted by molar-refractivity contribution is 0.0984. The first kappa shape index (κ1) is 13.6. The van der Waals surface area contributed by atoms with Crippen molar-refractivity contribution in [2.75, 3.05) is 11.4 Å². The van der Waals surface area contributed by atoms with Gasteiger partial charge in [-0.25, -0.2) is 0 Å². The van der Waals surface area contributed by atoms with E-state index >= 15 is 0 Å². The van der Waals surface area contributed by atoms with Gasteiger partial charge in [0.1, 0.15) is 5.82 Å². The summed E-state index contributed by atoms with van der Waals surface area (Å²) in [6.07, 6.45) is 2.01. The number of nitrogens with one attached hydrogen (secondary N) is 1. The number of aromatic amines is 1. The van der Waals surface area contributed by atoms with Crippen molar-refractivity contribution >= 4 is 38.6 Å². The molecule has 2 aromatic carbocycles. The number of carbonyl (C=O) groups excluding carboxylic acids is 1. The highest BCUT2D eigenvalue weighted by Gasteiger charge is 2.26. The standard InChI is InChI=1S/C18H15BrN2O/c19-13-6-3-5-12(11-13)18(22)21-10-4-8-15-14-7-1-2-9-16(14)20-17(15)21/h1-3,5-7,9,11,20H,4,8,10H2. The van der Waals surface area contributed by atoms with E-state index in [0.717, 1.165) is 35.2 Å². The molecule has 0 atom stereocenters. The first-order valence-electron chi connectivity index (χ1n) is 7.41. The maximum Gasteiger partial charge on any atom is 0.259 e. The van der Waals surface area contributed by atoms with E-state index in [1.165, 1.54) is 10.9 Å². The minimum atomic E-state index is 0.0498. The van der Waals surface area contributed by atoms with Crippen LogP contribution in [0.1, 0.15) is 22.3 Å². The second-order valence-electron chi connectivity index (χ2n) is 5.57. The van der Waals surface area contributed by atoms with Gasteiger partial charge in [0, 0.05) is 33.0 Å². The normalized spacial score (nSPS) is 14.1. The van der Waals surface area contributed by atoms with Crippen LogP contribution < -0.4 is 4.90 Å². The molecule has 1 aliphatic rings. The molecule has 1 aromatic heterocycles. The van der Waals surface area contributed by atoms with Crippen molar-refractivity contribution in [2.45, 2.75) is 12.8 Å². The maximum atomic E-state index is 12.9. The molecule has 4 heteroatoms. The number of fused-ring (bicyclic) bond motifs is 3. The number of carbonyl (C=O) groups is 1. The predicted molar refractivity (Wildman–Crippen MR) is 92.4 cm³/mol. The van der Waals surface area contributed by atoms with Crippen LogP contribution in [-0.4, -0.2) is 17.4 Å². The Morgan fingerprint density at radius 2 is 2.00 bits per heavy atom. The third-order valence-electron chi connectivity index (χ3n) is 4.19. The Labute approximate surface area is 137 Å². The van der Waals surface area contributed by atoms with E-state index in [4.69, 9.17) is 0 Å². The van der Waals surface area contributed by atoms with Gasteiger partial charge in [0.25, 0.3) is 5.91 Å². The van der Waals surface area contributed by atoms with Crippen LogP contribution in [0.4, 0.5) is 5.82 Å². The molecule has 22 heavy (non-hydrogen) atoms. The fraction of sp³-hybridized carbons (Fsp3) is 0.167. The third kappa shape index (κ3) is 2.15. The van der Waals surface area contributed by atoms with Crippen molar-refractivity contribution in [1.82, 2.24) is 4.98 Å². The van der Waals surface area contributed by atoms with Crippen molar-refractivity contribution in [3.63, 3.8) is 0 Å². The van der Waals surface area contributed by atoms with Crippen molar-refractivity contribution in [2.24, 2.45) is 0 Å². The molecule has 1 amide bonds. The van der Waals surface area contributed by atoms with Crippen molar-refractivity contribution < 1.29 is 4.79 Å². The molecule has 0 spiro atoms. The zero-order valence-electron chi connectivity index (χ0n) is 12.0. The van der Waals surface area contributed by atoms with Crippen LogP contribution in [-0.2, 0) is 6.42 Å². The molecule has 0 saturated heterocycles. The van der Waals surface area contributed by atoms with E-state index in [-0.39, 0.29) is 5.91 Å². The highest BCUT2D eigenvalue weighted by molar-refractivity contribution is 9.10. The summed E-state index contributed by atoms with van der Waals surface area (Å²) in [5.74, 6) is 1.01. The zero-order chi connectivity index (χ0) is 15.1. The van der Waals surface area contributed by atoms with Gasteiger partial charge in [-0.15, -0.1) is 0 Å². The van der Waals surface area contributed by atoms with Crippen LogP contribution in [0.5, 0.6) is 0 Å². The molecule has 0 unspecified atom stereocenters. The number of hydrogen-bond acceptors (Lipinski definition) is 1. The molecule has 110 valence electrons. The Morgan fingerprint density at radius 1 is 1.14 bits per heavy atom. The molecule has 3 nitrogen and oxygen atoms in total. The van der Waals surface area contributed by atoms with Crippen LogP contribution in [0, 0.1) is 0 Å². The number of halogens is 1. The van der Waals surface area contributed by atoms with Crippen molar-refractivity contribution in [1.29, 1.82) is 0 Å². The van der Waals surface area contributed by atoms with Crippen LogP contribution >= 0.6 is 15.9 Å². The summed E-state index contributed by atoms with van der Waals surface area (Å²) in [5, 5.41) is 1.23. The zero-order valence-corrected chi connectivity index (χ0v) is 13.6. The lowest BCUT2D eigenvalue weighted by Crippen LogP contribution is -2.35. The Hall–Kier alpha value is -2.07. The van der Waals surface area contributed by atoms with E-state index in [2.05, 4.69) is 33.0 Å². The molecule has 2 heterocycles. The molecule has 4 rings (SSSR count). The number of hydrogen-bond donors (Lipinski definition) is 1. The average Bonchev–Trinajstić information content (AvgIpc) is 2.93. The number of H-pyrrole nitrogens is 1. The summed E-state index contributed by atoms with van der Waals surface area (Å²) in [5.41, 5.74) is 3.06. The molecule has 1 N–H and O–H groups in total. The number of aryl methyl sites for hydroxylation is 1. The van der Waals surface area contributed by atoms with Gasteiger partial charge in [0.2, 0.25) is 0 Å². The molecular formula is C18H15BrN2O. The minimum Gasteiger partial charge on any atom is -0.341 e. The molecule has 0 aliphatic carbocycles. The molecule has 0 saturated carbocycles. The topological polar surface area (TPSA) is 36.1 Å². The SMILES string of the molecule is O=C(c1cccc(Br)c1)N1CCCc2c1[nH]c1ccccc21. The Kier molecular flexibility index (Phi) is 3.26. The van der Waals surface area contributed by atoms with Gasteiger partial charge >= 0.3 is 0 Å². The summed E-state index contributed by atoms with van der Waals surface area (Å²) in [7, 11) is 0. The summed E-state index contributed by atoms with van der Waals surface area (Å²) in [4.78, 5) is 18.2. The highest BCUT2D eigenvalue weighted by Crippen LogP contribution is 2.34. The van der Waals surface area contributed by atoms with Crippen LogP contribution in [0.15, 0.2) is 53.0 Å². The van der Waals surface area contributed by atoms with Gasteiger partial charge < -0.3 is 4.98 Å². The fourth-order valence-electron chi connectivity index (χ4n) is 3.18. The van der Waals surface area contributed by atoms with Gasteiger partial charge in [-0.05, 0) is 37.1 Å². The number of nitrogens with zero attached hydrogens (tertiary/aromatic N) is 1. The largest absolute Gasteiger partial charge is 0.341 e. The molecule has 0 bridgehead atoms. The molecule has 0 fully saturated rings. The quantitative estimate of drug-likeness (QED) is 0.684. The van der Waals surface area contributed by atoms with Gasteiger partial charge in [0.05, 0.1) is 0 Å². The number of rotatable bonds is 1. The van der Waals surface area contributed by atoms with Gasteiger partial charge in [-0.1, -0.05) is 40.2 Å². The average molecular weight is 355 g/mol. The van der Waals surface area contributed by atoms with Crippen LogP contribution in [0.25, 0.3) is 10.9 Å². The monoisotopic (exact) mass is 354 g/mol. The number of para-hydroxylation sites is 1. The van der Waals surface area contributed by atoms with E-state index in [1.807, 2.05) is 41.3 Å². The Balaban J connectivity index is 1.80. The number of anilines is 1. The lowest BCUT2D eigenvalue weighted by Gasteiger charge is -2.27. The van der Waals surface area contributed by atoms with Crippen molar-refractivity contribution in [3.05, 3.63) is 64.1 Å². The lowest BCUT2D eigenvalue weighted by atomic mass is 10.0. The highest BCUT2D eigenvalue weighted by atomic mass is 79.9. The second kappa shape index (κ2) is 5.29. The molecular weight excluding hydrogens is 340 g/mol. The van der Waals surface area contributed by atoms with Gasteiger partial charge in [-0.2, -0.15) is 0 Å².